The number of amides is 1. The molecule has 0 aliphatic rings. The van der Waals surface area contributed by atoms with Crippen molar-refractivity contribution in [2.24, 2.45) is 0 Å². The van der Waals surface area contributed by atoms with Crippen molar-refractivity contribution in [2.45, 2.75) is 5.75 Å². The number of aliphatic carboxylic acids is 1. The second-order valence-electron chi connectivity index (χ2n) is 4.25. The first kappa shape index (κ1) is 17.7. The van der Waals surface area contributed by atoms with E-state index in [4.69, 9.17) is 23.2 Å². The van der Waals surface area contributed by atoms with Gasteiger partial charge in [0.05, 0.1) is 15.7 Å². The minimum absolute atomic E-state index is 0.148. The van der Waals surface area contributed by atoms with E-state index in [9.17, 15) is 23.1 Å². The Kier molecular flexibility index (Phi) is 5.25. The molecular formula is C12H7Cl2N2O5S2-. The molecule has 2 rings (SSSR count). The van der Waals surface area contributed by atoms with Crippen LogP contribution in [-0.4, -0.2) is 25.3 Å². The number of carboxylic acids is 1. The van der Waals surface area contributed by atoms with Crippen LogP contribution in [0.5, 0.6) is 0 Å². The average Bonchev–Trinajstić information content (AvgIpc) is 2.88. The van der Waals surface area contributed by atoms with Gasteiger partial charge in [-0.3, -0.25) is 4.79 Å². The Morgan fingerprint density at radius 1 is 1.26 bits per heavy atom. The van der Waals surface area contributed by atoms with Crippen LogP contribution in [0.15, 0.2) is 23.6 Å². The Hall–Kier alpha value is -1.68. The van der Waals surface area contributed by atoms with E-state index in [1.54, 1.807) is 18.2 Å². The fourth-order valence-corrected chi connectivity index (χ4v) is 3.74. The minimum Gasteiger partial charge on any atom is -0.540 e. The highest BCUT2D eigenvalue weighted by atomic mass is 35.5. The number of nitrogens with one attached hydrogen (secondary N) is 1. The number of halogens is 2. The van der Waals surface area contributed by atoms with E-state index >= 15 is 0 Å². The van der Waals surface area contributed by atoms with E-state index in [1.807, 2.05) is 0 Å². The maximum atomic E-state index is 11.7. The van der Waals surface area contributed by atoms with E-state index in [0.29, 0.717) is 20.6 Å². The van der Waals surface area contributed by atoms with Gasteiger partial charge in [0.25, 0.3) is 5.91 Å². The second kappa shape index (κ2) is 6.83. The van der Waals surface area contributed by atoms with Crippen LogP contribution >= 0.6 is 34.5 Å². The van der Waals surface area contributed by atoms with Gasteiger partial charge in [-0.15, -0.1) is 11.3 Å². The number of nitrogens with zero attached hydrogens (tertiary/aromatic N) is 1. The summed E-state index contributed by atoms with van der Waals surface area (Å²) in [4.78, 5) is 25.2. The quantitative estimate of drug-likeness (QED) is 0.768. The number of carbonyl (C=O) groups excluding carboxylic acids is 2. The summed E-state index contributed by atoms with van der Waals surface area (Å²) in [6, 6.07) is 4.83. The zero-order valence-corrected chi connectivity index (χ0v) is 14.2. The van der Waals surface area contributed by atoms with Crippen LogP contribution in [0.2, 0.25) is 10.0 Å². The van der Waals surface area contributed by atoms with Crippen LogP contribution < -0.4 is 9.83 Å². The normalized spacial score (nSPS) is 11.2. The lowest BCUT2D eigenvalue weighted by Crippen LogP contribution is -2.44. The molecule has 0 spiro atoms. The van der Waals surface area contributed by atoms with E-state index < -0.39 is 27.7 Å². The van der Waals surface area contributed by atoms with Crippen molar-refractivity contribution in [1.29, 1.82) is 0 Å². The fraction of sp³-hybridized carbons (Fsp3) is 0.0833. The van der Waals surface area contributed by atoms with E-state index in [-0.39, 0.29) is 5.69 Å². The van der Waals surface area contributed by atoms with Crippen LogP contribution in [0.25, 0.3) is 10.6 Å². The fourth-order valence-electron chi connectivity index (χ4n) is 1.55. The maximum Gasteiger partial charge on any atom is 0.280 e. The molecule has 1 N–H and O–H groups in total. The van der Waals surface area contributed by atoms with Crippen molar-refractivity contribution in [3.8, 4) is 10.6 Å². The van der Waals surface area contributed by atoms with Crippen molar-refractivity contribution in [1.82, 2.24) is 9.71 Å². The van der Waals surface area contributed by atoms with Crippen molar-refractivity contribution in [3.63, 3.8) is 0 Å². The molecule has 7 nitrogen and oxygen atoms in total. The molecule has 0 saturated heterocycles. The summed E-state index contributed by atoms with van der Waals surface area (Å²) in [6.45, 7) is 0. The van der Waals surface area contributed by atoms with Crippen LogP contribution in [0.3, 0.4) is 0 Å². The van der Waals surface area contributed by atoms with Crippen molar-refractivity contribution < 1.29 is 23.1 Å². The molecule has 0 aliphatic carbocycles. The van der Waals surface area contributed by atoms with Gasteiger partial charge in [0.2, 0.25) is 10.0 Å². The molecule has 2 aromatic rings. The monoisotopic (exact) mass is 393 g/mol. The molecule has 1 aromatic carbocycles. The number of carbonyl (C=O) groups is 2. The lowest BCUT2D eigenvalue weighted by atomic mass is 10.2. The van der Waals surface area contributed by atoms with Gasteiger partial charge >= 0.3 is 0 Å². The van der Waals surface area contributed by atoms with Gasteiger partial charge in [-0.2, -0.15) is 0 Å². The standard InChI is InChI=1S/C12H8Cl2N2O5S2/c13-8-2-1-6(3-9(8)14)11-15-7(4-22-11)5-23(20,21)16-10(17)12(18)19/h1-4H,5H2,(H,16,17)(H,18,19)/p-1. The molecule has 122 valence electrons. The van der Waals surface area contributed by atoms with Crippen LogP contribution in [0, 0.1) is 0 Å². The van der Waals surface area contributed by atoms with Gasteiger partial charge in [0, 0.05) is 10.9 Å². The molecule has 0 aliphatic heterocycles. The smallest absolute Gasteiger partial charge is 0.280 e. The Balaban J connectivity index is 2.17. The lowest BCUT2D eigenvalue weighted by molar-refractivity contribution is -0.300. The molecule has 0 saturated carbocycles. The summed E-state index contributed by atoms with van der Waals surface area (Å²) >= 11 is 12.9. The number of benzene rings is 1. The molecule has 0 atom stereocenters. The number of carboxylic acid groups (broad SMARTS) is 1. The first-order chi connectivity index (χ1) is 10.7. The van der Waals surface area contributed by atoms with Gasteiger partial charge < -0.3 is 9.90 Å². The number of hydrogen-bond donors (Lipinski definition) is 1. The van der Waals surface area contributed by atoms with E-state index in [2.05, 4.69) is 4.98 Å². The molecule has 0 fully saturated rings. The minimum atomic E-state index is -4.19. The molecule has 1 amide bonds. The van der Waals surface area contributed by atoms with Gasteiger partial charge in [-0.25, -0.2) is 18.1 Å². The Morgan fingerprint density at radius 3 is 2.57 bits per heavy atom. The summed E-state index contributed by atoms with van der Waals surface area (Å²) in [5.74, 6) is -4.52. The SMILES string of the molecule is O=C([O-])C(=O)NS(=O)(=O)Cc1csc(-c2ccc(Cl)c(Cl)c2)n1. The second-order valence-corrected chi connectivity index (χ2v) is 7.65. The highest BCUT2D eigenvalue weighted by molar-refractivity contribution is 7.89. The van der Waals surface area contributed by atoms with E-state index in [0.717, 1.165) is 11.3 Å². The Bertz CT molecular complexity index is 879. The molecular weight excluding hydrogens is 387 g/mol. The predicted molar refractivity (Wildman–Crippen MR) is 83.3 cm³/mol. The topological polar surface area (TPSA) is 116 Å². The van der Waals surface area contributed by atoms with Gasteiger partial charge in [0.15, 0.2) is 0 Å². The van der Waals surface area contributed by atoms with Crippen molar-refractivity contribution in [2.75, 3.05) is 0 Å². The van der Waals surface area contributed by atoms with Crippen LogP contribution in [-0.2, 0) is 25.4 Å². The van der Waals surface area contributed by atoms with Crippen molar-refractivity contribution >= 4 is 56.4 Å². The predicted octanol–water partition coefficient (Wildman–Crippen LogP) is 0.813. The first-order valence-electron chi connectivity index (χ1n) is 5.83. The number of sulfonamides is 1. The Labute approximate surface area is 144 Å². The number of aromatic nitrogens is 1. The van der Waals surface area contributed by atoms with Crippen LogP contribution in [0.1, 0.15) is 5.69 Å². The molecule has 0 unspecified atom stereocenters. The molecule has 23 heavy (non-hydrogen) atoms. The molecule has 11 heteroatoms. The Morgan fingerprint density at radius 2 is 1.96 bits per heavy atom. The third kappa shape index (κ3) is 4.64. The van der Waals surface area contributed by atoms with Crippen LogP contribution in [0.4, 0.5) is 0 Å². The van der Waals surface area contributed by atoms with Gasteiger partial charge in [-0.1, -0.05) is 29.3 Å². The van der Waals surface area contributed by atoms with Gasteiger partial charge in [0.1, 0.15) is 16.7 Å². The lowest BCUT2D eigenvalue weighted by Gasteiger charge is -2.05. The molecule has 0 bridgehead atoms. The average molecular weight is 394 g/mol. The highest BCUT2D eigenvalue weighted by Gasteiger charge is 2.18. The highest BCUT2D eigenvalue weighted by Crippen LogP contribution is 2.30. The number of thiazole rings is 1. The number of hydrogen-bond acceptors (Lipinski definition) is 7. The largest absolute Gasteiger partial charge is 0.540 e. The summed E-state index contributed by atoms with van der Waals surface area (Å²) in [5, 5.41) is 12.9. The summed E-state index contributed by atoms with van der Waals surface area (Å²) in [7, 11) is -4.19. The molecule has 1 aromatic heterocycles. The number of rotatable bonds is 4. The van der Waals surface area contributed by atoms with Crippen molar-refractivity contribution in [3.05, 3.63) is 39.3 Å². The zero-order valence-electron chi connectivity index (χ0n) is 11.1. The summed E-state index contributed by atoms with van der Waals surface area (Å²) in [5.41, 5.74) is 0.793. The molecule has 0 radical (unpaired) electrons. The third-order valence-corrected chi connectivity index (χ3v) is 5.34. The summed E-state index contributed by atoms with van der Waals surface area (Å²) in [6.07, 6.45) is 0. The van der Waals surface area contributed by atoms with Gasteiger partial charge in [-0.05, 0) is 12.1 Å². The van der Waals surface area contributed by atoms with E-state index in [1.165, 1.54) is 10.1 Å². The zero-order chi connectivity index (χ0) is 17.2. The molecule has 1 heterocycles. The first-order valence-corrected chi connectivity index (χ1v) is 9.12. The maximum absolute atomic E-state index is 11.7. The summed E-state index contributed by atoms with van der Waals surface area (Å²) < 4.78 is 24.7. The third-order valence-electron chi connectivity index (χ3n) is 2.49.